The molecule has 1 heterocycles. The first-order valence-corrected chi connectivity index (χ1v) is 4.46. The molecule has 0 aliphatic carbocycles. The van der Waals surface area contributed by atoms with E-state index in [-0.39, 0.29) is 11.1 Å². The summed E-state index contributed by atoms with van der Waals surface area (Å²) in [7, 11) is 0. The molecule has 0 fully saturated rings. The van der Waals surface area contributed by atoms with Gasteiger partial charge in [-0.3, -0.25) is 15.2 Å². The summed E-state index contributed by atoms with van der Waals surface area (Å²) in [6.45, 7) is 4.00. The topological polar surface area (TPSA) is 71.8 Å². The predicted octanol–water partition coefficient (Wildman–Crippen LogP) is 2.64. The molecule has 0 amide bonds. The molecule has 5 nitrogen and oxygen atoms in total. The van der Waals surface area contributed by atoms with E-state index in [1.807, 2.05) is 13.8 Å². The molecule has 1 N–H and O–H groups in total. The normalized spacial score (nSPS) is 9.53. The lowest BCUT2D eigenvalue weighted by Gasteiger charge is -1.89. The van der Waals surface area contributed by atoms with Crippen LogP contribution >= 0.6 is 0 Å². The summed E-state index contributed by atoms with van der Waals surface area (Å²) in [6, 6.07) is 3.82. The molecule has 0 radical (unpaired) electrons. The first kappa shape index (κ1) is 11.1. The van der Waals surface area contributed by atoms with E-state index in [0.717, 1.165) is 6.07 Å². The smallest absolute Gasteiger partial charge is 0.258 e. The third kappa shape index (κ3) is 2.09. The number of rotatable bonds is 1. The number of aromatic amines is 1. The molecule has 2 aromatic rings. The van der Waals surface area contributed by atoms with Gasteiger partial charge in [0.15, 0.2) is 0 Å². The summed E-state index contributed by atoms with van der Waals surface area (Å²) in [5.74, 6) is -0.654. The highest BCUT2D eigenvalue weighted by atomic mass is 19.1. The number of hydrogen-bond acceptors (Lipinski definition) is 3. The van der Waals surface area contributed by atoms with Crippen molar-refractivity contribution in [3.63, 3.8) is 0 Å². The standard InChI is InChI=1S/C7H4FN3O2.C2H6/c8-7-5-3-4(11(12)13)1-2-6(5)9-10-7;1-2/h1-3H,(H,9,10);1-2H3. The molecule has 15 heavy (non-hydrogen) atoms. The van der Waals surface area contributed by atoms with E-state index in [1.165, 1.54) is 12.1 Å². The number of hydrogen-bond donors (Lipinski definition) is 1. The summed E-state index contributed by atoms with van der Waals surface area (Å²) >= 11 is 0. The molecule has 0 atom stereocenters. The molecule has 0 aliphatic rings. The van der Waals surface area contributed by atoms with Crippen LogP contribution in [0.1, 0.15) is 13.8 Å². The lowest BCUT2D eigenvalue weighted by molar-refractivity contribution is -0.384. The van der Waals surface area contributed by atoms with E-state index >= 15 is 0 Å². The van der Waals surface area contributed by atoms with Crippen molar-refractivity contribution in [3.8, 4) is 0 Å². The molecule has 0 bridgehead atoms. The second-order valence-electron chi connectivity index (χ2n) is 2.50. The number of nitro groups is 1. The lowest BCUT2D eigenvalue weighted by atomic mass is 10.2. The van der Waals surface area contributed by atoms with Gasteiger partial charge in [0.05, 0.1) is 15.8 Å². The molecule has 0 unspecified atom stereocenters. The highest BCUT2D eigenvalue weighted by Crippen LogP contribution is 2.20. The molecule has 6 heteroatoms. The van der Waals surface area contributed by atoms with Crippen LogP contribution in [-0.4, -0.2) is 15.1 Å². The van der Waals surface area contributed by atoms with Gasteiger partial charge in [0.25, 0.3) is 5.69 Å². The first-order valence-electron chi connectivity index (χ1n) is 4.46. The van der Waals surface area contributed by atoms with Gasteiger partial charge in [-0.1, -0.05) is 13.8 Å². The lowest BCUT2D eigenvalue weighted by Crippen LogP contribution is -1.86. The minimum atomic E-state index is -0.654. The van der Waals surface area contributed by atoms with E-state index in [4.69, 9.17) is 0 Å². The van der Waals surface area contributed by atoms with E-state index < -0.39 is 10.9 Å². The van der Waals surface area contributed by atoms with Crippen LogP contribution < -0.4 is 0 Å². The average Bonchev–Trinajstić information content (AvgIpc) is 2.63. The van der Waals surface area contributed by atoms with E-state index in [2.05, 4.69) is 10.2 Å². The van der Waals surface area contributed by atoms with Gasteiger partial charge in [-0.05, 0) is 6.07 Å². The van der Waals surface area contributed by atoms with Gasteiger partial charge in [0, 0.05) is 12.1 Å². The molecule has 0 saturated carbocycles. The number of fused-ring (bicyclic) bond motifs is 1. The largest absolute Gasteiger partial charge is 0.270 e. The number of non-ortho nitro benzene ring substituents is 1. The second-order valence-corrected chi connectivity index (χ2v) is 2.50. The molecule has 80 valence electrons. The van der Waals surface area contributed by atoms with Crippen molar-refractivity contribution in [3.05, 3.63) is 34.3 Å². The Hall–Kier alpha value is -1.98. The van der Waals surface area contributed by atoms with E-state index in [9.17, 15) is 14.5 Å². The maximum Gasteiger partial charge on any atom is 0.270 e. The van der Waals surface area contributed by atoms with Crippen LogP contribution in [0.25, 0.3) is 10.9 Å². The Morgan fingerprint density at radius 1 is 1.47 bits per heavy atom. The Kier molecular flexibility index (Phi) is 3.33. The van der Waals surface area contributed by atoms with E-state index in [0.29, 0.717) is 5.52 Å². The number of nitro benzene ring substituents is 1. The zero-order chi connectivity index (χ0) is 11.4. The van der Waals surface area contributed by atoms with Crippen LogP contribution in [0.15, 0.2) is 18.2 Å². The Morgan fingerprint density at radius 2 is 2.13 bits per heavy atom. The Labute approximate surface area is 85.1 Å². The summed E-state index contributed by atoms with van der Waals surface area (Å²) in [5, 5.41) is 16.2. The van der Waals surface area contributed by atoms with Crippen molar-refractivity contribution < 1.29 is 9.31 Å². The number of nitrogens with one attached hydrogen (secondary N) is 1. The Balaban J connectivity index is 0.000000531. The quantitative estimate of drug-likeness (QED) is 0.582. The van der Waals surface area contributed by atoms with Crippen LogP contribution in [0, 0.1) is 16.1 Å². The molecule has 0 spiro atoms. The molecule has 2 rings (SSSR count). The Morgan fingerprint density at radius 3 is 2.73 bits per heavy atom. The average molecular weight is 211 g/mol. The summed E-state index contributed by atoms with van der Waals surface area (Å²) in [6.07, 6.45) is 0. The van der Waals surface area contributed by atoms with Gasteiger partial charge in [0.2, 0.25) is 5.95 Å². The van der Waals surface area contributed by atoms with Crippen molar-refractivity contribution >= 4 is 16.6 Å². The Bertz CT molecular complexity index is 481. The molecule has 1 aromatic heterocycles. The maximum absolute atomic E-state index is 12.8. The SMILES string of the molecule is CC.O=[N+]([O-])c1ccc2n[nH]c(F)c2c1. The third-order valence-corrected chi connectivity index (χ3v) is 1.70. The van der Waals surface area contributed by atoms with Gasteiger partial charge >= 0.3 is 0 Å². The summed E-state index contributed by atoms with van der Waals surface area (Å²) in [5.41, 5.74) is 0.232. The molecule has 0 aliphatic heterocycles. The monoisotopic (exact) mass is 211 g/mol. The van der Waals surface area contributed by atoms with Crippen LogP contribution in [0.4, 0.5) is 10.1 Å². The minimum Gasteiger partial charge on any atom is -0.258 e. The molecule has 0 saturated heterocycles. The minimum absolute atomic E-state index is 0.134. The fraction of sp³-hybridized carbons (Fsp3) is 0.222. The number of aromatic nitrogens is 2. The first-order chi connectivity index (χ1) is 7.18. The third-order valence-electron chi connectivity index (χ3n) is 1.70. The van der Waals surface area contributed by atoms with E-state index in [1.54, 1.807) is 0 Å². The fourth-order valence-corrected chi connectivity index (χ4v) is 1.08. The number of nitrogens with zero attached hydrogens (tertiary/aromatic N) is 2. The number of halogens is 1. The molecular weight excluding hydrogens is 201 g/mol. The van der Waals surface area contributed by atoms with Crippen LogP contribution in [-0.2, 0) is 0 Å². The van der Waals surface area contributed by atoms with Gasteiger partial charge in [-0.25, -0.2) is 0 Å². The zero-order valence-corrected chi connectivity index (χ0v) is 8.32. The van der Waals surface area contributed by atoms with Gasteiger partial charge in [-0.15, -0.1) is 0 Å². The predicted molar refractivity (Wildman–Crippen MR) is 54.1 cm³/mol. The maximum atomic E-state index is 12.8. The van der Waals surface area contributed by atoms with Crippen molar-refractivity contribution in [2.75, 3.05) is 0 Å². The van der Waals surface area contributed by atoms with Crippen molar-refractivity contribution in [2.24, 2.45) is 0 Å². The fourth-order valence-electron chi connectivity index (χ4n) is 1.08. The van der Waals surface area contributed by atoms with Crippen molar-refractivity contribution in [2.45, 2.75) is 13.8 Å². The van der Waals surface area contributed by atoms with Crippen LogP contribution in [0.3, 0.4) is 0 Å². The van der Waals surface area contributed by atoms with Gasteiger partial charge < -0.3 is 0 Å². The number of H-pyrrole nitrogens is 1. The summed E-state index contributed by atoms with van der Waals surface area (Å²) in [4.78, 5) is 9.75. The van der Waals surface area contributed by atoms with Gasteiger partial charge in [-0.2, -0.15) is 9.49 Å². The zero-order valence-electron chi connectivity index (χ0n) is 8.32. The van der Waals surface area contributed by atoms with Crippen molar-refractivity contribution in [1.29, 1.82) is 0 Å². The summed E-state index contributed by atoms with van der Waals surface area (Å²) < 4.78 is 12.8. The van der Waals surface area contributed by atoms with Crippen molar-refractivity contribution in [1.82, 2.24) is 10.2 Å². The molecule has 1 aromatic carbocycles. The van der Waals surface area contributed by atoms with Gasteiger partial charge in [0.1, 0.15) is 0 Å². The molecular formula is C9H10FN3O2. The second kappa shape index (κ2) is 4.50. The van der Waals surface area contributed by atoms with Crippen LogP contribution in [0.5, 0.6) is 0 Å². The number of benzene rings is 1. The highest BCUT2D eigenvalue weighted by molar-refractivity contribution is 5.80. The highest BCUT2D eigenvalue weighted by Gasteiger charge is 2.10. The van der Waals surface area contributed by atoms with Crippen LogP contribution in [0.2, 0.25) is 0 Å².